The number of halogens is 2. The van der Waals surface area contributed by atoms with Crippen LogP contribution < -0.4 is 0 Å². The van der Waals surface area contributed by atoms with Gasteiger partial charge in [-0.15, -0.1) is 0 Å². The zero-order valence-corrected chi connectivity index (χ0v) is 14.5. The van der Waals surface area contributed by atoms with Crippen molar-refractivity contribution in [3.05, 3.63) is 23.3 Å². The predicted molar refractivity (Wildman–Crippen MR) is 89.9 cm³/mol. The van der Waals surface area contributed by atoms with E-state index in [4.69, 9.17) is 4.84 Å². The minimum Gasteiger partial charge on any atom is -0.391 e. The van der Waals surface area contributed by atoms with E-state index in [0.29, 0.717) is 24.1 Å². The van der Waals surface area contributed by atoms with Gasteiger partial charge < -0.3 is 9.74 Å². The van der Waals surface area contributed by atoms with Crippen LogP contribution in [0.2, 0.25) is 0 Å². The second-order valence-electron chi connectivity index (χ2n) is 6.47. The van der Waals surface area contributed by atoms with Crippen molar-refractivity contribution in [2.45, 2.75) is 64.4 Å². The number of unbranched alkanes of at least 4 members (excludes halogenated alkanes) is 3. The van der Waals surface area contributed by atoms with Crippen LogP contribution in [-0.2, 0) is 9.63 Å². The largest absolute Gasteiger partial charge is 0.391 e. The van der Waals surface area contributed by atoms with Gasteiger partial charge in [0.05, 0.1) is 12.1 Å². The number of hydrogen-bond donors (Lipinski definition) is 0. The number of hydrogen-bond acceptors (Lipinski definition) is 3. The third kappa shape index (κ3) is 5.14. The molecule has 0 fully saturated rings. The van der Waals surface area contributed by atoms with Crippen LogP contribution in [0.15, 0.2) is 28.5 Å². The van der Waals surface area contributed by atoms with E-state index in [-0.39, 0.29) is 24.9 Å². The summed E-state index contributed by atoms with van der Waals surface area (Å²) in [5, 5.41) is 3.97. The van der Waals surface area contributed by atoms with Crippen molar-refractivity contribution in [1.29, 1.82) is 0 Å². The fourth-order valence-corrected chi connectivity index (χ4v) is 2.87. The molecule has 2 rings (SSSR count). The minimum absolute atomic E-state index is 0.0303. The SMILES string of the molecule is CCCCCCN(C)C(=O)CC1CC(C2=CC(F)=C(F)CC2)=NO1. The van der Waals surface area contributed by atoms with Gasteiger partial charge >= 0.3 is 0 Å². The number of amides is 1. The summed E-state index contributed by atoms with van der Waals surface area (Å²) < 4.78 is 26.4. The fraction of sp³-hybridized carbons (Fsp3) is 0.667. The van der Waals surface area contributed by atoms with Crippen LogP contribution >= 0.6 is 0 Å². The molecule has 4 nitrogen and oxygen atoms in total. The molecule has 1 unspecified atom stereocenters. The summed E-state index contributed by atoms with van der Waals surface area (Å²) in [6.07, 6.45) is 6.57. The summed E-state index contributed by atoms with van der Waals surface area (Å²) in [4.78, 5) is 19.2. The van der Waals surface area contributed by atoms with Gasteiger partial charge in [0.1, 0.15) is 11.9 Å². The summed E-state index contributed by atoms with van der Waals surface area (Å²) >= 11 is 0. The average Bonchev–Trinajstić information content (AvgIpc) is 3.02. The molecule has 1 amide bonds. The quantitative estimate of drug-likeness (QED) is 0.613. The van der Waals surface area contributed by atoms with E-state index in [9.17, 15) is 13.6 Å². The van der Waals surface area contributed by atoms with Crippen LogP contribution in [0.4, 0.5) is 8.78 Å². The third-order valence-electron chi connectivity index (χ3n) is 4.45. The topological polar surface area (TPSA) is 41.9 Å². The molecule has 0 N–H and O–H groups in total. The Morgan fingerprint density at radius 1 is 1.33 bits per heavy atom. The predicted octanol–water partition coefficient (Wildman–Crippen LogP) is 4.43. The summed E-state index contributed by atoms with van der Waals surface area (Å²) in [6.45, 7) is 2.90. The third-order valence-corrected chi connectivity index (χ3v) is 4.45. The molecular weight excluding hydrogens is 314 g/mol. The van der Waals surface area contributed by atoms with Gasteiger partial charge in [0.15, 0.2) is 5.83 Å². The molecule has 0 aromatic carbocycles. The van der Waals surface area contributed by atoms with Gasteiger partial charge in [0.2, 0.25) is 5.91 Å². The summed E-state index contributed by atoms with van der Waals surface area (Å²) in [5.74, 6) is -1.51. The standard InChI is InChI=1S/C18H26F2N2O2/c1-3-4-5-6-9-22(2)18(23)12-14-11-17(21-24-14)13-7-8-15(19)16(20)10-13/h10,14H,3-9,11-12H2,1-2H3. The number of carbonyl (C=O) groups excluding carboxylic acids is 1. The molecule has 0 radical (unpaired) electrons. The molecule has 0 aromatic heterocycles. The smallest absolute Gasteiger partial charge is 0.226 e. The molecule has 1 aliphatic carbocycles. The molecule has 0 saturated carbocycles. The van der Waals surface area contributed by atoms with E-state index in [1.54, 1.807) is 11.9 Å². The molecule has 0 bridgehead atoms. The van der Waals surface area contributed by atoms with Crippen molar-refractivity contribution in [1.82, 2.24) is 4.90 Å². The number of carbonyl (C=O) groups is 1. The first kappa shape index (κ1) is 18.6. The molecule has 0 spiro atoms. The Morgan fingerprint density at radius 2 is 2.12 bits per heavy atom. The van der Waals surface area contributed by atoms with E-state index in [1.165, 1.54) is 18.9 Å². The molecule has 1 aliphatic heterocycles. The average molecular weight is 340 g/mol. The highest BCUT2D eigenvalue weighted by Gasteiger charge is 2.28. The lowest BCUT2D eigenvalue weighted by Gasteiger charge is -2.18. The van der Waals surface area contributed by atoms with Crippen molar-refractivity contribution in [3.8, 4) is 0 Å². The first-order valence-corrected chi connectivity index (χ1v) is 8.73. The van der Waals surface area contributed by atoms with Crippen molar-refractivity contribution in [2.75, 3.05) is 13.6 Å². The highest BCUT2D eigenvalue weighted by molar-refractivity contribution is 6.01. The van der Waals surface area contributed by atoms with E-state index < -0.39 is 11.7 Å². The Balaban J connectivity index is 1.77. The van der Waals surface area contributed by atoms with Crippen LogP contribution in [0.5, 0.6) is 0 Å². The fourth-order valence-electron chi connectivity index (χ4n) is 2.87. The molecule has 1 atom stereocenters. The molecule has 24 heavy (non-hydrogen) atoms. The Morgan fingerprint density at radius 3 is 2.83 bits per heavy atom. The molecule has 2 aliphatic rings. The Kier molecular flexibility index (Phi) is 6.94. The monoisotopic (exact) mass is 340 g/mol. The molecule has 6 heteroatoms. The van der Waals surface area contributed by atoms with E-state index in [0.717, 1.165) is 19.4 Å². The maximum absolute atomic E-state index is 13.3. The maximum Gasteiger partial charge on any atom is 0.226 e. The summed E-state index contributed by atoms with van der Waals surface area (Å²) in [7, 11) is 1.80. The van der Waals surface area contributed by atoms with Crippen LogP contribution in [0, 0.1) is 0 Å². The minimum atomic E-state index is -0.828. The number of allylic oxidation sites excluding steroid dienone is 4. The van der Waals surface area contributed by atoms with Gasteiger partial charge in [0, 0.05) is 26.4 Å². The normalized spacial score (nSPS) is 20.6. The molecule has 1 heterocycles. The second kappa shape index (κ2) is 8.94. The van der Waals surface area contributed by atoms with Gasteiger partial charge in [-0.25, -0.2) is 8.78 Å². The van der Waals surface area contributed by atoms with Crippen LogP contribution in [0.3, 0.4) is 0 Å². The van der Waals surface area contributed by atoms with Gasteiger partial charge in [-0.2, -0.15) is 0 Å². The first-order chi connectivity index (χ1) is 11.5. The van der Waals surface area contributed by atoms with Gasteiger partial charge in [-0.05, 0) is 24.5 Å². The lowest BCUT2D eigenvalue weighted by Crippen LogP contribution is -2.31. The van der Waals surface area contributed by atoms with Crippen LogP contribution in [-0.4, -0.2) is 36.2 Å². The number of oxime groups is 1. The maximum atomic E-state index is 13.3. The molecular formula is C18H26F2N2O2. The highest BCUT2D eigenvalue weighted by atomic mass is 19.2. The Hall–Kier alpha value is -1.72. The van der Waals surface area contributed by atoms with Gasteiger partial charge in [-0.3, -0.25) is 4.79 Å². The molecule has 0 saturated heterocycles. The van der Waals surface area contributed by atoms with E-state index >= 15 is 0 Å². The van der Waals surface area contributed by atoms with Crippen molar-refractivity contribution < 1.29 is 18.4 Å². The van der Waals surface area contributed by atoms with Crippen LogP contribution in [0.1, 0.15) is 58.3 Å². The zero-order valence-electron chi connectivity index (χ0n) is 14.5. The second-order valence-corrected chi connectivity index (χ2v) is 6.47. The lowest BCUT2D eigenvalue weighted by molar-refractivity contribution is -0.132. The van der Waals surface area contributed by atoms with E-state index in [2.05, 4.69) is 12.1 Å². The first-order valence-electron chi connectivity index (χ1n) is 8.73. The van der Waals surface area contributed by atoms with E-state index in [1.807, 2.05) is 0 Å². The highest BCUT2D eigenvalue weighted by Crippen LogP contribution is 2.30. The molecule has 134 valence electrons. The van der Waals surface area contributed by atoms with Crippen molar-refractivity contribution in [3.63, 3.8) is 0 Å². The summed E-state index contributed by atoms with van der Waals surface area (Å²) in [6, 6.07) is 0. The van der Waals surface area contributed by atoms with Gasteiger partial charge in [-0.1, -0.05) is 31.3 Å². The van der Waals surface area contributed by atoms with Gasteiger partial charge in [0.25, 0.3) is 0 Å². The van der Waals surface area contributed by atoms with Crippen molar-refractivity contribution >= 4 is 11.6 Å². The zero-order chi connectivity index (χ0) is 17.5. The molecule has 0 aromatic rings. The van der Waals surface area contributed by atoms with Crippen molar-refractivity contribution in [2.24, 2.45) is 5.16 Å². The summed E-state index contributed by atoms with van der Waals surface area (Å²) in [5.41, 5.74) is 1.29. The van der Waals surface area contributed by atoms with Crippen LogP contribution in [0.25, 0.3) is 0 Å². The number of rotatable bonds is 8. The lowest BCUT2D eigenvalue weighted by atomic mass is 9.95. The Bertz CT molecular complexity index is 555. The Labute approximate surface area is 142 Å². The number of nitrogens with zero attached hydrogens (tertiary/aromatic N) is 2.